The van der Waals surface area contributed by atoms with Crippen LogP contribution in [0.25, 0.3) is 0 Å². The van der Waals surface area contributed by atoms with Gasteiger partial charge in [0, 0.05) is 5.56 Å². The molecule has 130 valence electrons. The van der Waals surface area contributed by atoms with Crippen molar-refractivity contribution in [3.05, 3.63) is 29.8 Å². The van der Waals surface area contributed by atoms with Crippen LogP contribution in [0.2, 0.25) is 0 Å². The highest BCUT2D eigenvalue weighted by Gasteiger charge is 2.29. The molecule has 0 bridgehead atoms. The summed E-state index contributed by atoms with van der Waals surface area (Å²) in [6.07, 6.45) is -2.06. The Morgan fingerprint density at radius 1 is 1.17 bits per heavy atom. The first-order valence-electron chi connectivity index (χ1n) is 7.88. The fourth-order valence-electron chi connectivity index (χ4n) is 2.72. The van der Waals surface area contributed by atoms with Crippen molar-refractivity contribution in [3.8, 4) is 5.75 Å². The van der Waals surface area contributed by atoms with Crippen molar-refractivity contribution < 1.29 is 27.0 Å². The topological polar surface area (TPSA) is 18.5 Å². The molecule has 0 radical (unpaired) electrons. The predicted octanol–water partition coefficient (Wildman–Crippen LogP) is 5.44. The maximum Gasteiger partial charge on any atom is 0.411 e. The van der Waals surface area contributed by atoms with Crippen molar-refractivity contribution in [2.75, 3.05) is 13.2 Å². The molecule has 0 spiro atoms. The lowest BCUT2D eigenvalue weighted by molar-refractivity contribution is -0.203. The lowest BCUT2D eigenvalue weighted by Gasteiger charge is -2.26. The SMILES string of the molecule is CC1CCC(COc2cccc(C(F)OCC(F)(F)F)c2)CC1. The maximum atomic E-state index is 13.7. The second kappa shape index (κ2) is 7.99. The summed E-state index contributed by atoms with van der Waals surface area (Å²) in [6.45, 7) is 1.18. The Labute approximate surface area is 133 Å². The summed E-state index contributed by atoms with van der Waals surface area (Å²) in [5.41, 5.74) is 0.0315. The Hall–Kier alpha value is -1.30. The van der Waals surface area contributed by atoms with E-state index in [4.69, 9.17) is 4.74 Å². The highest BCUT2D eigenvalue weighted by molar-refractivity contribution is 5.29. The molecule has 0 heterocycles. The zero-order chi connectivity index (χ0) is 16.9. The standard InChI is InChI=1S/C17H22F4O2/c1-12-5-7-13(8-6-12)10-22-15-4-2-3-14(9-15)16(18)23-11-17(19,20)21/h2-4,9,12-13,16H,5-8,10-11H2,1H3. The Bertz CT molecular complexity index is 482. The van der Waals surface area contributed by atoms with Crippen LogP contribution in [-0.4, -0.2) is 19.4 Å². The third-order valence-corrected chi connectivity index (χ3v) is 4.13. The molecule has 1 aromatic carbocycles. The van der Waals surface area contributed by atoms with Crippen LogP contribution in [0.5, 0.6) is 5.75 Å². The first kappa shape index (κ1) is 18.0. The van der Waals surface area contributed by atoms with Gasteiger partial charge in [-0.25, -0.2) is 4.39 Å². The van der Waals surface area contributed by atoms with E-state index in [0.29, 0.717) is 18.3 Å². The van der Waals surface area contributed by atoms with Gasteiger partial charge >= 0.3 is 6.18 Å². The van der Waals surface area contributed by atoms with E-state index in [-0.39, 0.29) is 5.56 Å². The molecule has 0 aliphatic heterocycles. The highest BCUT2D eigenvalue weighted by Crippen LogP contribution is 2.30. The first-order chi connectivity index (χ1) is 10.8. The van der Waals surface area contributed by atoms with Gasteiger partial charge in [0.05, 0.1) is 6.61 Å². The summed E-state index contributed by atoms with van der Waals surface area (Å²) >= 11 is 0. The van der Waals surface area contributed by atoms with Crippen LogP contribution in [0, 0.1) is 11.8 Å². The molecule has 1 aliphatic rings. The van der Waals surface area contributed by atoms with Crippen LogP contribution >= 0.6 is 0 Å². The minimum Gasteiger partial charge on any atom is -0.493 e. The zero-order valence-electron chi connectivity index (χ0n) is 13.1. The summed E-state index contributed by atoms with van der Waals surface area (Å²) in [5.74, 6) is 1.70. The van der Waals surface area contributed by atoms with Crippen LogP contribution < -0.4 is 4.74 Å². The van der Waals surface area contributed by atoms with Crippen LogP contribution in [0.3, 0.4) is 0 Å². The number of hydrogen-bond acceptors (Lipinski definition) is 2. The van der Waals surface area contributed by atoms with E-state index >= 15 is 0 Å². The van der Waals surface area contributed by atoms with Crippen molar-refractivity contribution in [2.45, 2.75) is 45.1 Å². The Morgan fingerprint density at radius 3 is 2.52 bits per heavy atom. The van der Waals surface area contributed by atoms with Crippen molar-refractivity contribution >= 4 is 0 Å². The van der Waals surface area contributed by atoms with Gasteiger partial charge in [-0.3, -0.25) is 0 Å². The molecule has 6 heteroatoms. The quantitative estimate of drug-likeness (QED) is 0.645. The molecule has 2 rings (SSSR count). The lowest BCUT2D eigenvalue weighted by Crippen LogP contribution is -2.19. The number of hydrogen-bond donors (Lipinski definition) is 0. The van der Waals surface area contributed by atoms with Gasteiger partial charge in [0.2, 0.25) is 6.36 Å². The van der Waals surface area contributed by atoms with Gasteiger partial charge in [-0.1, -0.05) is 31.9 Å². The summed E-state index contributed by atoms with van der Waals surface area (Å²) in [4.78, 5) is 0. The third-order valence-electron chi connectivity index (χ3n) is 4.13. The van der Waals surface area contributed by atoms with Crippen molar-refractivity contribution in [2.24, 2.45) is 11.8 Å². The minimum absolute atomic E-state index is 0.0315. The van der Waals surface area contributed by atoms with Crippen LogP contribution in [0.1, 0.15) is 44.5 Å². The molecule has 0 N–H and O–H groups in total. The molecule has 1 saturated carbocycles. The molecule has 23 heavy (non-hydrogen) atoms. The molecule has 1 aromatic rings. The number of halogens is 4. The minimum atomic E-state index is -4.55. The van der Waals surface area contributed by atoms with Gasteiger partial charge in [-0.15, -0.1) is 0 Å². The summed E-state index contributed by atoms with van der Waals surface area (Å²) in [6, 6.07) is 6.01. The monoisotopic (exact) mass is 334 g/mol. The van der Waals surface area contributed by atoms with Crippen LogP contribution in [0.15, 0.2) is 24.3 Å². The molecule has 0 amide bonds. The lowest BCUT2D eigenvalue weighted by atomic mass is 9.83. The molecule has 1 fully saturated rings. The summed E-state index contributed by atoms with van der Waals surface area (Å²) < 4.78 is 59.7. The van der Waals surface area contributed by atoms with Gasteiger partial charge in [0.25, 0.3) is 0 Å². The highest BCUT2D eigenvalue weighted by atomic mass is 19.4. The van der Waals surface area contributed by atoms with Crippen molar-refractivity contribution in [1.29, 1.82) is 0 Å². The molecule has 1 unspecified atom stereocenters. The van der Waals surface area contributed by atoms with E-state index in [1.807, 2.05) is 0 Å². The molecular formula is C17H22F4O2. The largest absolute Gasteiger partial charge is 0.493 e. The normalized spacial score (nSPS) is 23.5. The van der Waals surface area contributed by atoms with E-state index in [2.05, 4.69) is 11.7 Å². The van der Waals surface area contributed by atoms with Crippen molar-refractivity contribution in [3.63, 3.8) is 0 Å². The van der Waals surface area contributed by atoms with E-state index in [0.717, 1.165) is 18.8 Å². The van der Waals surface area contributed by atoms with E-state index in [1.54, 1.807) is 12.1 Å². The van der Waals surface area contributed by atoms with E-state index in [9.17, 15) is 17.6 Å². The fraction of sp³-hybridized carbons (Fsp3) is 0.647. The molecule has 0 aromatic heterocycles. The number of ether oxygens (including phenoxy) is 2. The Balaban J connectivity index is 1.84. The van der Waals surface area contributed by atoms with Crippen LogP contribution in [-0.2, 0) is 4.74 Å². The van der Waals surface area contributed by atoms with Gasteiger partial charge in [-0.2, -0.15) is 13.2 Å². The van der Waals surface area contributed by atoms with Gasteiger partial charge in [0.1, 0.15) is 12.4 Å². The first-order valence-corrected chi connectivity index (χ1v) is 7.88. The van der Waals surface area contributed by atoms with E-state index < -0.39 is 19.1 Å². The Kier molecular flexibility index (Phi) is 6.27. The zero-order valence-corrected chi connectivity index (χ0v) is 13.1. The number of rotatable bonds is 6. The van der Waals surface area contributed by atoms with Crippen molar-refractivity contribution in [1.82, 2.24) is 0 Å². The second-order valence-electron chi connectivity index (χ2n) is 6.25. The molecule has 2 nitrogen and oxygen atoms in total. The summed E-state index contributed by atoms with van der Waals surface area (Å²) in [5, 5.41) is 0. The number of alkyl halides is 4. The third kappa shape index (κ3) is 6.37. The van der Waals surface area contributed by atoms with Gasteiger partial charge in [0.15, 0.2) is 0 Å². The average molecular weight is 334 g/mol. The Morgan fingerprint density at radius 2 is 1.87 bits per heavy atom. The second-order valence-corrected chi connectivity index (χ2v) is 6.25. The summed E-state index contributed by atoms with van der Waals surface area (Å²) in [7, 11) is 0. The van der Waals surface area contributed by atoms with Gasteiger partial charge < -0.3 is 9.47 Å². The number of benzene rings is 1. The van der Waals surface area contributed by atoms with Gasteiger partial charge in [-0.05, 0) is 36.8 Å². The molecule has 1 atom stereocenters. The maximum absolute atomic E-state index is 13.7. The molecular weight excluding hydrogens is 312 g/mol. The van der Waals surface area contributed by atoms with E-state index in [1.165, 1.54) is 25.0 Å². The molecule has 0 saturated heterocycles. The smallest absolute Gasteiger partial charge is 0.411 e. The molecule has 1 aliphatic carbocycles. The fourth-order valence-corrected chi connectivity index (χ4v) is 2.72. The van der Waals surface area contributed by atoms with Crippen LogP contribution in [0.4, 0.5) is 17.6 Å². The predicted molar refractivity (Wildman–Crippen MR) is 78.9 cm³/mol. The average Bonchev–Trinajstić information content (AvgIpc) is 2.51.